The number of anilines is 3. The SMILES string of the molecule is CC1(C)c2ccccc2-c2cccc(-c3cc(-c4ccc(N(c5ccc(-c6cccc7ccccc67)cc5)c5cccc(-c6ccccc6)c5)cc4)ccc3-c3ccccc3)c21. The Kier molecular flexibility index (Phi) is 9.24. The highest BCUT2D eigenvalue weighted by Crippen LogP contribution is 2.53. The van der Waals surface area contributed by atoms with Gasteiger partial charge in [-0.25, -0.2) is 0 Å². The first-order valence-corrected chi connectivity index (χ1v) is 21.6. The summed E-state index contributed by atoms with van der Waals surface area (Å²) in [6.07, 6.45) is 0. The average Bonchev–Trinajstić information content (AvgIpc) is 3.58. The molecule has 0 spiro atoms. The van der Waals surface area contributed by atoms with E-state index in [0.717, 1.165) is 17.1 Å². The molecular weight excluding hydrogens is 747 g/mol. The average molecular weight is 792 g/mol. The van der Waals surface area contributed by atoms with Gasteiger partial charge in [-0.15, -0.1) is 0 Å². The highest BCUT2D eigenvalue weighted by Gasteiger charge is 2.37. The summed E-state index contributed by atoms with van der Waals surface area (Å²) in [7, 11) is 0. The zero-order valence-corrected chi connectivity index (χ0v) is 35.0. The second-order valence-corrected chi connectivity index (χ2v) is 16.9. The van der Waals surface area contributed by atoms with Crippen LogP contribution in [0.5, 0.6) is 0 Å². The van der Waals surface area contributed by atoms with Crippen molar-refractivity contribution in [2.45, 2.75) is 19.3 Å². The van der Waals surface area contributed by atoms with Crippen LogP contribution in [0.3, 0.4) is 0 Å². The van der Waals surface area contributed by atoms with Gasteiger partial charge in [0.05, 0.1) is 0 Å². The third-order valence-electron chi connectivity index (χ3n) is 12.9. The topological polar surface area (TPSA) is 3.24 Å². The van der Waals surface area contributed by atoms with E-state index in [2.05, 4.69) is 255 Å². The van der Waals surface area contributed by atoms with E-state index in [4.69, 9.17) is 0 Å². The summed E-state index contributed by atoms with van der Waals surface area (Å²) in [5, 5.41) is 2.51. The van der Waals surface area contributed by atoms with E-state index in [-0.39, 0.29) is 5.41 Å². The van der Waals surface area contributed by atoms with Gasteiger partial charge in [0.2, 0.25) is 0 Å². The molecule has 0 bridgehead atoms. The summed E-state index contributed by atoms with van der Waals surface area (Å²) in [6.45, 7) is 4.76. The molecule has 0 aliphatic heterocycles. The third-order valence-corrected chi connectivity index (χ3v) is 12.9. The predicted octanol–water partition coefficient (Wildman–Crippen LogP) is 17.0. The Hall–Kier alpha value is -7.74. The van der Waals surface area contributed by atoms with Crippen LogP contribution >= 0.6 is 0 Å². The fourth-order valence-corrected chi connectivity index (χ4v) is 9.86. The van der Waals surface area contributed by atoms with Crippen molar-refractivity contribution in [3.05, 3.63) is 248 Å². The number of benzene rings is 10. The maximum Gasteiger partial charge on any atom is 0.0467 e. The fourth-order valence-electron chi connectivity index (χ4n) is 9.86. The van der Waals surface area contributed by atoms with Crippen LogP contribution in [-0.2, 0) is 5.41 Å². The molecule has 0 unspecified atom stereocenters. The molecule has 1 aliphatic rings. The van der Waals surface area contributed by atoms with Crippen molar-refractivity contribution in [1.82, 2.24) is 0 Å². The smallest absolute Gasteiger partial charge is 0.0467 e. The second-order valence-electron chi connectivity index (χ2n) is 16.9. The maximum absolute atomic E-state index is 2.42. The summed E-state index contributed by atoms with van der Waals surface area (Å²) in [5.74, 6) is 0. The summed E-state index contributed by atoms with van der Waals surface area (Å²) in [5.41, 5.74) is 20.8. The van der Waals surface area contributed by atoms with Crippen molar-refractivity contribution in [1.29, 1.82) is 0 Å². The van der Waals surface area contributed by atoms with Gasteiger partial charge in [-0.05, 0) is 131 Å². The van der Waals surface area contributed by atoms with Crippen molar-refractivity contribution < 1.29 is 0 Å². The number of hydrogen-bond donors (Lipinski definition) is 0. The lowest BCUT2D eigenvalue weighted by Gasteiger charge is -2.27. The normalized spacial score (nSPS) is 12.5. The van der Waals surface area contributed by atoms with E-state index in [1.54, 1.807) is 0 Å². The van der Waals surface area contributed by atoms with Gasteiger partial charge in [-0.2, -0.15) is 0 Å². The fraction of sp³-hybridized carbons (Fsp3) is 0.0492. The third kappa shape index (κ3) is 6.51. The van der Waals surface area contributed by atoms with E-state index in [9.17, 15) is 0 Å². The van der Waals surface area contributed by atoms with Crippen molar-refractivity contribution in [3.8, 4) is 66.8 Å². The zero-order chi connectivity index (χ0) is 41.6. The number of fused-ring (bicyclic) bond motifs is 4. The van der Waals surface area contributed by atoms with Gasteiger partial charge in [0.25, 0.3) is 0 Å². The van der Waals surface area contributed by atoms with Crippen molar-refractivity contribution in [2.24, 2.45) is 0 Å². The van der Waals surface area contributed by atoms with Gasteiger partial charge in [-0.1, -0.05) is 208 Å². The van der Waals surface area contributed by atoms with E-state index in [1.807, 2.05) is 0 Å². The first-order chi connectivity index (χ1) is 30.5. The van der Waals surface area contributed by atoms with Gasteiger partial charge in [0, 0.05) is 22.5 Å². The molecule has 1 heteroatoms. The van der Waals surface area contributed by atoms with Crippen LogP contribution in [0.25, 0.3) is 77.5 Å². The molecular formula is C61H45N. The highest BCUT2D eigenvalue weighted by atomic mass is 15.1. The van der Waals surface area contributed by atoms with Crippen LogP contribution in [0.4, 0.5) is 17.1 Å². The molecule has 0 saturated heterocycles. The molecule has 10 aromatic carbocycles. The Morgan fingerprint density at radius 1 is 0.290 bits per heavy atom. The van der Waals surface area contributed by atoms with Gasteiger partial charge in [0.1, 0.15) is 0 Å². The summed E-state index contributed by atoms with van der Waals surface area (Å²) < 4.78 is 0. The monoisotopic (exact) mass is 791 g/mol. The van der Waals surface area contributed by atoms with Crippen molar-refractivity contribution in [2.75, 3.05) is 4.90 Å². The molecule has 0 atom stereocenters. The van der Waals surface area contributed by atoms with Crippen LogP contribution in [0.1, 0.15) is 25.0 Å². The Morgan fingerprint density at radius 3 is 1.53 bits per heavy atom. The lowest BCUT2D eigenvalue weighted by Crippen LogP contribution is -2.16. The molecule has 0 N–H and O–H groups in total. The van der Waals surface area contributed by atoms with Gasteiger partial charge in [0.15, 0.2) is 0 Å². The molecule has 0 fully saturated rings. The molecule has 1 nitrogen and oxygen atoms in total. The minimum Gasteiger partial charge on any atom is -0.310 e. The quantitative estimate of drug-likeness (QED) is 0.148. The first-order valence-electron chi connectivity index (χ1n) is 21.6. The lowest BCUT2D eigenvalue weighted by molar-refractivity contribution is 0.662. The number of nitrogens with zero attached hydrogens (tertiary/aromatic N) is 1. The van der Waals surface area contributed by atoms with Crippen LogP contribution in [0.2, 0.25) is 0 Å². The van der Waals surface area contributed by atoms with Crippen molar-refractivity contribution in [3.63, 3.8) is 0 Å². The second kappa shape index (κ2) is 15.4. The Morgan fingerprint density at radius 2 is 0.774 bits per heavy atom. The van der Waals surface area contributed by atoms with Gasteiger partial charge >= 0.3 is 0 Å². The van der Waals surface area contributed by atoms with Crippen LogP contribution in [-0.4, -0.2) is 0 Å². The molecule has 11 rings (SSSR count). The highest BCUT2D eigenvalue weighted by molar-refractivity contribution is 5.98. The Bertz CT molecular complexity index is 3230. The molecule has 62 heavy (non-hydrogen) atoms. The molecule has 0 heterocycles. The summed E-state index contributed by atoms with van der Waals surface area (Å²) in [4.78, 5) is 2.38. The molecule has 10 aromatic rings. The maximum atomic E-state index is 2.42. The Balaban J connectivity index is 1.01. The van der Waals surface area contributed by atoms with Crippen LogP contribution < -0.4 is 4.90 Å². The van der Waals surface area contributed by atoms with E-state index < -0.39 is 0 Å². The molecule has 0 radical (unpaired) electrons. The van der Waals surface area contributed by atoms with E-state index >= 15 is 0 Å². The molecule has 0 amide bonds. The summed E-state index contributed by atoms with van der Waals surface area (Å²) >= 11 is 0. The van der Waals surface area contributed by atoms with Gasteiger partial charge in [-0.3, -0.25) is 0 Å². The molecule has 294 valence electrons. The lowest BCUT2D eigenvalue weighted by atomic mass is 9.77. The molecule has 0 saturated carbocycles. The zero-order valence-electron chi connectivity index (χ0n) is 35.0. The van der Waals surface area contributed by atoms with E-state index in [0.29, 0.717) is 0 Å². The standard InChI is InChI=1S/C61H45N/c1-61(2)59-29-12-11-25-55(59)56-27-15-28-57(60(56)61)58-41-48(34-39-54(58)44-18-7-4-8-19-44)43-30-35-49(36-31-43)62(51-23-13-22-47(40-51)42-16-5-3-6-17-42)50-37-32-46(33-38-50)53-26-14-21-45-20-9-10-24-52(45)53/h3-41H,1-2H3. The van der Waals surface area contributed by atoms with Crippen LogP contribution in [0, 0.1) is 0 Å². The minimum absolute atomic E-state index is 0.136. The van der Waals surface area contributed by atoms with Crippen molar-refractivity contribution >= 4 is 27.8 Å². The molecule has 1 aliphatic carbocycles. The minimum atomic E-state index is -0.136. The summed E-state index contributed by atoms with van der Waals surface area (Å²) in [6, 6.07) is 86.5. The number of hydrogen-bond acceptors (Lipinski definition) is 1. The predicted molar refractivity (Wildman–Crippen MR) is 263 cm³/mol. The van der Waals surface area contributed by atoms with Crippen LogP contribution in [0.15, 0.2) is 237 Å². The van der Waals surface area contributed by atoms with E-state index in [1.165, 1.54) is 88.7 Å². The Labute approximate surface area is 364 Å². The number of rotatable bonds is 8. The van der Waals surface area contributed by atoms with Gasteiger partial charge < -0.3 is 4.90 Å². The largest absolute Gasteiger partial charge is 0.310 e. The molecule has 0 aromatic heterocycles. The first kappa shape index (κ1) is 37.3.